The molecule has 0 fully saturated rings. The van der Waals surface area contributed by atoms with Crippen LogP contribution in [0.2, 0.25) is 0 Å². The Labute approximate surface area is 93.0 Å². The Hall–Kier alpha value is -1.71. The van der Waals surface area contributed by atoms with Crippen LogP contribution in [0.15, 0.2) is 24.3 Å². The van der Waals surface area contributed by atoms with Crippen molar-refractivity contribution in [2.75, 3.05) is 6.54 Å². The molecule has 2 nitrogen and oxygen atoms in total. The molecule has 0 spiro atoms. The van der Waals surface area contributed by atoms with Gasteiger partial charge in [-0.2, -0.15) is 0 Å². The van der Waals surface area contributed by atoms with Crippen LogP contribution < -0.4 is 5.32 Å². The van der Waals surface area contributed by atoms with Gasteiger partial charge in [-0.15, -0.1) is 0 Å². The van der Waals surface area contributed by atoms with E-state index in [0.29, 0.717) is 5.57 Å². The Bertz CT molecular complexity index is 441. The van der Waals surface area contributed by atoms with Gasteiger partial charge in [0.1, 0.15) is 17.2 Å². The molecule has 0 saturated carbocycles. The van der Waals surface area contributed by atoms with E-state index >= 15 is 0 Å². The first-order valence-electron chi connectivity index (χ1n) is 4.80. The first-order chi connectivity index (χ1) is 7.43. The van der Waals surface area contributed by atoms with Crippen molar-refractivity contribution in [1.82, 2.24) is 5.32 Å². The second-order valence-electron chi connectivity index (χ2n) is 3.69. The number of benzene rings is 1. The first kappa shape index (κ1) is 12.4. The number of halogens is 2. The van der Waals surface area contributed by atoms with Crippen LogP contribution in [0.1, 0.15) is 22.8 Å². The minimum atomic E-state index is -0.859. The van der Waals surface area contributed by atoms with Crippen LogP contribution in [0.3, 0.4) is 0 Å². The summed E-state index contributed by atoms with van der Waals surface area (Å²) in [4.78, 5) is 11.5. The van der Waals surface area contributed by atoms with E-state index in [1.807, 2.05) is 0 Å². The summed E-state index contributed by atoms with van der Waals surface area (Å²) >= 11 is 0. The van der Waals surface area contributed by atoms with Crippen LogP contribution in [-0.4, -0.2) is 12.5 Å². The highest BCUT2D eigenvalue weighted by Gasteiger charge is 2.18. The lowest BCUT2D eigenvalue weighted by Gasteiger charge is -2.08. The number of hydrogen-bond donors (Lipinski definition) is 1. The van der Waals surface area contributed by atoms with Crippen molar-refractivity contribution in [1.29, 1.82) is 0 Å². The van der Waals surface area contributed by atoms with Crippen molar-refractivity contribution in [2.45, 2.75) is 13.8 Å². The van der Waals surface area contributed by atoms with Crippen LogP contribution in [0.25, 0.3) is 0 Å². The molecule has 1 aromatic rings. The van der Waals surface area contributed by atoms with Crippen molar-refractivity contribution >= 4 is 5.91 Å². The summed E-state index contributed by atoms with van der Waals surface area (Å²) < 4.78 is 26.8. The molecule has 0 saturated heterocycles. The summed E-state index contributed by atoms with van der Waals surface area (Å²) in [5, 5.41) is 2.39. The van der Waals surface area contributed by atoms with Crippen molar-refractivity contribution in [2.24, 2.45) is 0 Å². The highest BCUT2D eigenvalue weighted by atomic mass is 19.1. The number of aryl methyl sites for hydroxylation is 1. The van der Waals surface area contributed by atoms with Crippen LogP contribution in [0.4, 0.5) is 8.78 Å². The Balaban J connectivity index is 2.99. The predicted molar refractivity (Wildman–Crippen MR) is 58.2 cm³/mol. The molecule has 0 aliphatic rings. The van der Waals surface area contributed by atoms with Gasteiger partial charge >= 0.3 is 0 Å². The molecule has 0 unspecified atom stereocenters. The summed E-state index contributed by atoms with van der Waals surface area (Å²) in [6.45, 7) is 6.97. The van der Waals surface area contributed by atoms with Gasteiger partial charge in [-0.3, -0.25) is 4.79 Å². The standard InChI is InChI=1S/C12H13F2NO/c1-7(2)6-15-12(16)10-9(13)5-4-8(3)11(10)14/h4-5H,1,6H2,2-3H3,(H,15,16). The van der Waals surface area contributed by atoms with E-state index in [1.54, 1.807) is 6.92 Å². The van der Waals surface area contributed by atoms with E-state index in [1.165, 1.54) is 13.0 Å². The Morgan fingerprint density at radius 1 is 1.44 bits per heavy atom. The van der Waals surface area contributed by atoms with Crippen molar-refractivity contribution in [3.8, 4) is 0 Å². The molecule has 86 valence electrons. The maximum atomic E-state index is 13.5. The van der Waals surface area contributed by atoms with Crippen molar-refractivity contribution < 1.29 is 13.6 Å². The van der Waals surface area contributed by atoms with Gasteiger partial charge in [-0.05, 0) is 25.5 Å². The molecule has 0 atom stereocenters. The highest BCUT2D eigenvalue weighted by molar-refractivity contribution is 5.95. The highest BCUT2D eigenvalue weighted by Crippen LogP contribution is 2.16. The van der Waals surface area contributed by atoms with E-state index in [4.69, 9.17) is 0 Å². The molecule has 1 amide bonds. The summed E-state index contributed by atoms with van der Waals surface area (Å²) in [6.07, 6.45) is 0. The third-order valence-corrected chi connectivity index (χ3v) is 2.06. The van der Waals surface area contributed by atoms with Gasteiger partial charge in [0.25, 0.3) is 5.91 Å². The average molecular weight is 225 g/mol. The van der Waals surface area contributed by atoms with Gasteiger partial charge in [-0.25, -0.2) is 8.78 Å². The molecule has 0 bridgehead atoms. The predicted octanol–water partition coefficient (Wildman–Crippen LogP) is 2.58. The minimum absolute atomic E-state index is 0.200. The average Bonchev–Trinajstić information content (AvgIpc) is 2.21. The summed E-state index contributed by atoms with van der Waals surface area (Å²) in [5.74, 6) is -2.44. The SMILES string of the molecule is C=C(C)CNC(=O)c1c(F)ccc(C)c1F. The number of nitrogens with one attached hydrogen (secondary N) is 1. The van der Waals surface area contributed by atoms with Gasteiger partial charge in [0.2, 0.25) is 0 Å². The third kappa shape index (κ3) is 2.66. The molecule has 0 heterocycles. The van der Waals surface area contributed by atoms with E-state index in [9.17, 15) is 13.6 Å². The topological polar surface area (TPSA) is 29.1 Å². The minimum Gasteiger partial charge on any atom is -0.348 e. The zero-order chi connectivity index (χ0) is 12.3. The van der Waals surface area contributed by atoms with Gasteiger partial charge < -0.3 is 5.32 Å². The van der Waals surface area contributed by atoms with E-state index < -0.39 is 23.1 Å². The molecule has 1 rings (SSSR count). The zero-order valence-corrected chi connectivity index (χ0v) is 9.23. The smallest absolute Gasteiger partial charge is 0.257 e. The number of carbonyl (C=O) groups excluding carboxylic acids is 1. The summed E-state index contributed by atoms with van der Waals surface area (Å²) in [6, 6.07) is 2.37. The molecular formula is C12H13F2NO. The molecule has 0 aliphatic carbocycles. The Morgan fingerprint density at radius 2 is 2.06 bits per heavy atom. The molecule has 0 aliphatic heterocycles. The largest absolute Gasteiger partial charge is 0.348 e. The Morgan fingerprint density at radius 3 is 2.62 bits per heavy atom. The fraction of sp³-hybridized carbons (Fsp3) is 0.250. The number of rotatable bonds is 3. The molecule has 1 aromatic carbocycles. The molecule has 16 heavy (non-hydrogen) atoms. The normalized spacial score (nSPS) is 10.0. The van der Waals surface area contributed by atoms with Gasteiger partial charge in [0.05, 0.1) is 0 Å². The maximum absolute atomic E-state index is 13.5. The summed E-state index contributed by atoms with van der Waals surface area (Å²) in [5.41, 5.74) is 0.407. The van der Waals surface area contributed by atoms with E-state index in [0.717, 1.165) is 6.07 Å². The van der Waals surface area contributed by atoms with Crippen molar-refractivity contribution in [3.63, 3.8) is 0 Å². The van der Waals surface area contributed by atoms with Crippen LogP contribution in [0.5, 0.6) is 0 Å². The quantitative estimate of drug-likeness (QED) is 0.787. The summed E-state index contributed by atoms with van der Waals surface area (Å²) in [7, 11) is 0. The number of carbonyl (C=O) groups is 1. The molecule has 0 radical (unpaired) electrons. The van der Waals surface area contributed by atoms with Gasteiger partial charge in [-0.1, -0.05) is 18.2 Å². The molecular weight excluding hydrogens is 212 g/mol. The lowest BCUT2D eigenvalue weighted by molar-refractivity contribution is 0.0948. The van der Waals surface area contributed by atoms with Crippen LogP contribution in [-0.2, 0) is 0 Å². The number of hydrogen-bond acceptors (Lipinski definition) is 1. The van der Waals surface area contributed by atoms with E-state index in [-0.39, 0.29) is 12.1 Å². The van der Waals surface area contributed by atoms with E-state index in [2.05, 4.69) is 11.9 Å². The van der Waals surface area contributed by atoms with Crippen molar-refractivity contribution in [3.05, 3.63) is 47.0 Å². The lowest BCUT2D eigenvalue weighted by atomic mass is 10.1. The zero-order valence-electron chi connectivity index (χ0n) is 9.23. The number of amides is 1. The lowest BCUT2D eigenvalue weighted by Crippen LogP contribution is -2.27. The molecule has 4 heteroatoms. The second kappa shape index (κ2) is 4.88. The molecule has 0 aromatic heterocycles. The Kier molecular flexibility index (Phi) is 3.77. The first-order valence-corrected chi connectivity index (χ1v) is 4.80. The molecule has 1 N–H and O–H groups in total. The fourth-order valence-corrected chi connectivity index (χ4v) is 1.18. The second-order valence-corrected chi connectivity index (χ2v) is 3.69. The fourth-order valence-electron chi connectivity index (χ4n) is 1.18. The monoisotopic (exact) mass is 225 g/mol. The van der Waals surface area contributed by atoms with Gasteiger partial charge in [0, 0.05) is 6.54 Å². The maximum Gasteiger partial charge on any atom is 0.257 e. The third-order valence-electron chi connectivity index (χ3n) is 2.06. The van der Waals surface area contributed by atoms with Crippen LogP contribution >= 0.6 is 0 Å². The van der Waals surface area contributed by atoms with Crippen LogP contribution in [0, 0.1) is 18.6 Å². The van der Waals surface area contributed by atoms with Gasteiger partial charge in [0.15, 0.2) is 0 Å².